The van der Waals surface area contributed by atoms with Gasteiger partial charge in [0.05, 0.1) is 17.3 Å². The molecule has 2 atom stereocenters. The van der Waals surface area contributed by atoms with Gasteiger partial charge in [0, 0.05) is 38.7 Å². The van der Waals surface area contributed by atoms with Gasteiger partial charge < -0.3 is 24.5 Å². The second-order valence-corrected chi connectivity index (χ2v) is 13.3. The summed E-state index contributed by atoms with van der Waals surface area (Å²) in [7, 11) is 0. The van der Waals surface area contributed by atoms with Gasteiger partial charge >= 0.3 is 5.97 Å². The number of hydrogen-bond donors (Lipinski definition) is 2. The first-order chi connectivity index (χ1) is 21.4. The molecular weight excluding hydrogens is 579 g/mol. The van der Waals surface area contributed by atoms with E-state index < -0.39 is 29.5 Å². The predicted molar refractivity (Wildman–Crippen MR) is 166 cm³/mol. The maximum atomic E-state index is 16.6. The van der Waals surface area contributed by atoms with Crippen molar-refractivity contribution in [1.29, 1.82) is 0 Å². The van der Waals surface area contributed by atoms with Crippen molar-refractivity contribution in [3.8, 4) is 0 Å². The molecule has 1 saturated carbocycles. The maximum Gasteiger partial charge on any atom is 0.328 e. The minimum atomic E-state index is -1.01. The van der Waals surface area contributed by atoms with E-state index in [0.717, 1.165) is 38.5 Å². The summed E-state index contributed by atoms with van der Waals surface area (Å²) in [6.07, 6.45) is 8.69. The van der Waals surface area contributed by atoms with Crippen molar-refractivity contribution >= 4 is 28.8 Å². The highest BCUT2D eigenvalue weighted by molar-refractivity contribution is 5.95. The summed E-state index contributed by atoms with van der Waals surface area (Å²) >= 11 is 0. The lowest BCUT2D eigenvalue weighted by Gasteiger charge is -2.39. The monoisotopic (exact) mass is 624 g/mol. The van der Waals surface area contributed by atoms with Gasteiger partial charge in [-0.15, -0.1) is 0 Å². The van der Waals surface area contributed by atoms with Gasteiger partial charge in [0.2, 0.25) is 5.91 Å². The smallest absolute Gasteiger partial charge is 0.328 e. The van der Waals surface area contributed by atoms with Gasteiger partial charge in [0.15, 0.2) is 5.82 Å². The van der Waals surface area contributed by atoms with Crippen LogP contribution in [-0.4, -0.2) is 74.5 Å². The Morgan fingerprint density at radius 1 is 1.07 bits per heavy atom. The Kier molecular flexibility index (Phi) is 9.91. The Morgan fingerprint density at radius 2 is 1.73 bits per heavy atom. The number of aromatic nitrogens is 3. The molecule has 2 aromatic heterocycles. The van der Waals surface area contributed by atoms with Gasteiger partial charge in [-0.2, -0.15) is 0 Å². The third kappa shape index (κ3) is 7.54. The number of piperazine rings is 1. The average molecular weight is 625 g/mol. The van der Waals surface area contributed by atoms with Crippen molar-refractivity contribution in [2.75, 3.05) is 26.2 Å². The number of H-pyrrole nitrogens is 1. The zero-order valence-corrected chi connectivity index (χ0v) is 27.0. The number of aromatic amines is 1. The number of carbonyl (C=O) groups is 3. The summed E-state index contributed by atoms with van der Waals surface area (Å²) in [4.78, 5) is 50.5. The lowest BCUT2D eigenvalue weighted by Crippen LogP contribution is -2.51. The first-order valence-corrected chi connectivity index (χ1v) is 16.0. The van der Waals surface area contributed by atoms with E-state index in [1.165, 1.54) is 19.6 Å². The molecule has 45 heavy (non-hydrogen) atoms. The Balaban J connectivity index is 1.51. The molecule has 1 saturated heterocycles. The molecule has 2 N–H and O–H groups in total. The largest absolute Gasteiger partial charge is 0.459 e. The topological polar surface area (TPSA) is 134 Å². The highest BCUT2D eigenvalue weighted by Crippen LogP contribution is 2.36. The number of nitrogens with one attached hydrogen (secondary N) is 2. The Morgan fingerprint density at radius 3 is 2.33 bits per heavy atom. The van der Waals surface area contributed by atoms with Crippen LogP contribution in [0.15, 0.2) is 22.9 Å². The minimum absolute atomic E-state index is 0.0368. The maximum absolute atomic E-state index is 16.6. The first-order valence-electron chi connectivity index (χ1n) is 16.0. The number of imidazole rings is 1. The molecule has 5 rings (SSSR count). The van der Waals surface area contributed by atoms with Gasteiger partial charge in [0.1, 0.15) is 34.8 Å². The van der Waals surface area contributed by atoms with Gasteiger partial charge in [-0.05, 0) is 52.5 Å². The first kappa shape index (κ1) is 32.6. The van der Waals surface area contributed by atoms with Gasteiger partial charge in [-0.1, -0.05) is 43.3 Å². The molecule has 1 aliphatic heterocycles. The average Bonchev–Trinajstić information content (AvgIpc) is 3.59. The molecule has 2 unspecified atom stereocenters. The number of hydrogen-bond acceptors (Lipinski definition) is 8. The Hall–Kier alpha value is -3.80. The molecule has 0 radical (unpaired) electrons. The summed E-state index contributed by atoms with van der Waals surface area (Å²) < 4.78 is 27.3. The molecule has 11 nitrogen and oxygen atoms in total. The third-order valence-electron chi connectivity index (χ3n) is 8.89. The molecule has 3 aromatic rings. The fourth-order valence-electron chi connectivity index (χ4n) is 6.52. The van der Waals surface area contributed by atoms with E-state index >= 15 is 4.39 Å². The van der Waals surface area contributed by atoms with E-state index in [1.54, 1.807) is 44.7 Å². The molecule has 2 aliphatic rings. The molecule has 12 heteroatoms. The molecule has 2 fully saturated rings. The summed E-state index contributed by atoms with van der Waals surface area (Å²) in [5.74, 6) is -0.959. The van der Waals surface area contributed by atoms with Crippen LogP contribution in [0.2, 0.25) is 0 Å². The molecule has 1 aromatic carbocycles. The number of carbonyl (C=O) groups excluding carboxylic acids is 3. The summed E-state index contributed by atoms with van der Waals surface area (Å²) in [6, 6.07) is 1.84. The van der Waals surface area contributed by atoms with Crippen LogP contribution in [0, 0.1) is 18.7 Å². The van der Waals surface area contributed by atoms with E-state index in [4.69, 9.17) is 14.2 Å². The number of esters is 1. The van der Waals surface area contributed by atoms with E-state index in [-0.39, 0.29) is 28.8 Å². The van der Waals surface area contributed by atoms with Gasteiger partial charge in [-0.25, -0.2) is 14.2 Å². The minimum Gasteiger partial charge on any atom is -0.459 e. The number of nitrogens with zero attached hydrogens (tertiary/aromatic N) is 4. The normalized spacial score (nSPS) is 18.7. The second-order valence-electron chi connectivity index (χ2n) is 13.3. The van der Waals surface area contributed by atoms with Crippen molar-refractivity contribution in [2.45, 2.75) is 97.2 Å². The fraction of sp³-hybridized carbons (Fsp3) is 0.606. The van der Waals surface area contributed by atoms with Crippen LogP contribution >= 0.6 is 0 Å². The van der Waals surface area contributed by atoms with E-state index in [9.17, 15) is 14.4 Å². The summed E-state index contributed by atoms with van der Waals surface area (Å²) in [5.41, 5.74) is 0.800. The highest BCUT2D eigenvalue weighted by atomic mass is 19.1. The van der Waals surface area contributed by atoms with Crippen LogP contribution in [0.4, 0.5) is 4.39 Å². The molecule has 0 spiro atoms. The molecular formula is C33H45FN6O5. The van der Waals surface area contributed by atoms with Crippen LogP contribution in [0.3, 0.4) is 0 Å². The van der Waals surface area contributed by atoms with Crippen LogP contribution in [0.1, 0.15) is 112 Å². The summed E-state index contributed by atoms with van der Waals surface area (Å²) in [5, 5.41) is 7.00. The molecule has 244 valence electrons. The molecule has 3 heterocycles. The van der Waals surface area contributed by atoms with Crippen LogP contribution in [-0.2, 0) is 14.3 Å². The lowest BCUT2D eigenvalue weighted by molar-refractivity contribution is -0.162. The van der Waals surface area contributed by atoms with E-state index in [2.05, 4.69) is 15.5 Å². The van der Waals surface area contributed by atoms with Crippen molar-refractivity contribution < 1.29 is 28.0 Å². The zero-order valence-electron chi connectivity index (χ0n) is 27.0. The Labute approximate surface area is 263 Å². The van der Waals surface area contributed by atoms with Crippen LogP contribution < -0.4 is 5.32 Å². The lowest BCUT2D eigenvalue weighted by atomic mass is 9.85. The number of rotatable bonds is 7. The number of benzene rings is 1. The van der Waals surface area contributed by atoms with Gasteiger partial charge in [-0.3, -0.25) is 14.5 Å². The second kappa shape index (κ2) is 13.7. The summed E-state index contributed by atoms with van der Waals surface area (Å²) in [6.45, 7) is 10.2. The van der Waals surface area contributed by atoms with E-state index in [0.29, 0.717) is 48.8 Å². The fourth-order valence-corrected chi connectivity index (χ4v) is 6.52. The Bertz CT molecular complexity index is 1510. The van der Waals surface area contributed by atoms with Crippen molar-refractivity contribution in [1.82, 2.24) is 30.2 Å². The molecule has 1 aliphatic carbocycles. The third-order valence-corrected chi connectivity index (χ3v) is 8.89. The molecule has 2 amide bonds. The van der Waals surface area contributed by atoms with Crippen molar-refractivity contribution in [2.24, 2.45) is 5.92 Å². The number of ether oxygens (including phenoxy) is 1. The number of aryl methyl sites for hydroxylation is 1. The van der Waals surface area contributed by atoms with Crippen molar-refractivity contribution in [3.63, 3.8) is 0 Å². The van der Waals surface area contributed by atoms with Crippen LogP contribution in [0.25, 0.3) is 11.0 Å². The van der Waals surface area contributed by atoms with E-state index in [1.807, 2.05) is 4.90 Å². The van der Waals surface area contributed by atoms with Crippen molar-refractivity contribution in [3.05, 3.63) is 46.9 Å². The number of amides is 2. The van der Waals surface area contributed by atoms with Crippen LogP contribution in [0.5, 0.6) is 0 Å². The highest BCUT2D eigenvalue weighted by Gasteiger charge is 2.37. The molecule has 0 bridgehead atoms. The number of halogens is 1. The van der Waals surface area contributed by atoms with Gasteiger partial charge in [0.25, 0.3) is 5.91 Å². The predicted octanol–water partition coefficient (Wildman–Crippen LogP) is 5.38. The number of fused-ring (bicyclic) bond motifs is 1. The zero-order chi connectivity index (χ0) is 32.3. The quantitative estimate of drug-likeness (QED) is 0.335. The standard InChI is InChI=1S/C33H45FN6O5/c1-20-24(19-44-38-20)31(42)37-27(22-11-9-7-6-8-10-12-22)30-35-25-14-13-23(26(34)28(25)36-30)29(32(43)45-33(3,4)5)40-17-15-39(16-18-40)21(2)41/h13-14,19,22,27,29H,6-12,15-18H2,1-5H3,(H,35,36)(H,37,42). The SMILES string of the molecule is CC(=O)N1CCN(C(C(=O)OC(C)(C)C)c2ccc3[nH]c(C(NC(=O)c4conc4C)C4CCCCCCC4)nc3c2F)CC1.